The molecule has 4 nitrogen and oxygen atoms in total. The Hall–Kier alpha value is -0.940. The fourth-order valence-corrected chi connectivity index (χ4v) is 1.55. The summed E-state index contributed by atoms with van der Waals surface area (Å²) >= 11 is 5.75. The van der Waals surface area contributed by atoms with E-state index in [0.29, 0.717) is 23.3 Å². The van der Waals surface area contributed by atoms with E-state index in [4.69, 9.17) is 17.3 Å². The van der Waals surface area contributed by atoms with Crippen LogP contribution in [-0.4, -0.2) is 29.1 Å². The number of aliphatic hydroxyl groups is 2. The predicted octanol–water partition coefficient (Wildman–Crippen LogP) is 0.896. The Labute approximate surface area is 98.6 Å². The van der Waals surface area contributed by atoms with Gasteiger partial charge in [0, 0.05) is 5.56 Å². The van der Waals surface area contributed by atoms with Crippen LogP contribution in [0.4, 0.5) is 0 Å². The second-order valence-corrected chi connectivity index (χ2v) is 3.90. The molecule has 88 valence electrons. The molecule has 0 aliphatic heterocycles. The number of hydrogen-bond donors (Lipinski definition) is 3. The SMILES string of the molecule is NCCC(O)C(O)c1ccc(Cl)c(C=O)c1. The van der Waals surface area contributed by atoms with E-state index in [9.17, 15) is 15.0 Å². The van der Waals surface area contributed by atoms with Crippen molar-refractivity contribution in [1.29, 1.82) is 0 Å². The van der Waals surface area contributed by atoms with Crippen LogP contribution in [0.2, 0.25) is 5.02 Å². The third-order valence-corrected chi connectivity index (χ3v) is 2.66. The Morgan fingerprint density at radius 3 is 2.69 bits per heavy atom. The maximum Gasteiger partial charge on any atom is 0.151 e. The average Bonchev–Trinajstić information content (AvgIpc) is 2.29. The molecule has 16 heavy (non-hydrogen) atoms. The summed E-state index contributed by atoms with van der Waals surface area (Å²) in [6.07, 6.45) is -1.10. The number of halogens is 1. The van der Waals surface area contributed by atoms with E-state index >= 15 is 0 Å². The molecule has 0 heterocycles. The maximum absolute atomic E-state index is 10.6. The van der Waals surface area contributed by atoms with Crippen LogP contribution in [0.1, 0.15) is 28.4 Å². The second kappa shape index (κ2) is 5.96. The van der Waals surface area contributed by atoms with Crippen molar-refractivity contribution in [3.63, 3.8) is 0 Å². The van der Waals surface area contributed by atoms with Crippen molar-refractivity contribution in [3.05, 3.63) is 34.3 Å². The largest absolute Gasteiger partial charge is 0.390 e. The molecular weight excluding hydrogens is 230 g/mol. The van der Waals surface area contributed by atoms with Crippen LogP contribution in [0.3, 0.4) is 0 Å². The van der Waals surface area contributed by atoms with Crippen molar-refractivity contribution in [2.75, 3.05) is 6.54 Å². The van der Waals surface area contributed by atoms with Crippen molar-refractivity contribution in [3.8, 4) is 0 Å². The summed E-state index contributed by atoms with van der Waals surface area (Å²) in [5.74, 6) is 0. The smallest absolute Gasteiger partial charge is 0.151 e. The molecule has 0 aromatic heterocycles. The third-order valence-electron chi connectivity index (χ3n) is 2.32. The van der Waals surface area contributed by atoms with Crippen LogP contribution in [-0.2, 0) is 0 Å². The normalized spacial score (nSPS) is 14.5. The van der Waals surface area contributed by atoms with Crippen molar-refractivity contribution in [1.82, 2.24) is 0 Å². The highest BCUT2D eigenvalue weighted by Crippen LogP contribution is 2.23. The molecule has 0 aliphatic rings. The lowest BCUT2D eigenvalue weighted by molar-refractivity contribution is 0.0150. The zero-order valence-electron chi connectivity index (χ0n) is 8.64. The maximum atomic E-state index is 10.6. The summed E-state index contributed by atoms with van der Waals surface area (Å²) in [7, 11) is 0. The lowest BCUT2D eigenvalue weighted by Gasteiger charge is -2.17. The summed E-state index contributed by atoms with van der Waals surface area (Å²) in [4.78, 5) is 10.6. The first-order chi connectivity index (χ1) is 7.60. The number of carbonyl (C=O) groups is 1. The minimum Gasteiger partial charge on any atom is -0.390 e. The molecule has 0 spiro atoms. The quantitative estimate of drug-likeness (QED) is 0.671. The summed E-state index contributed by atoms with van der Waals surface area (Å²) < 4.78 is 0. The van der Waals surface area contributed by atoms with Crippen LogP contribution in [0, 0.1) is 0 Å². The zero-order valence-corrected chi connectivity index (χ0v) is 9.39. The molecule has 0 aliphatic carbocycles. The van der Waals surface area contributed by atoms with E-state index in [1.165, 1.54) is 12.1 Å². The highest BCUT2D eigenvalue weighted by molar-refractivity contribution is 6.32. The summed E-state index contributed by atoms with van der Waals surface area (Å²) in [5.41, 5.74) is 6.02. The van der Waals surface area contributed by atoms with Gasteiger partial charge in [-0.2, -0.15) is 0 Å². The van der Waals surface area contributed by atoms with E-state index in [1.54, 1.807) is 6.07 Å². The molecular formula is C11H14ClNO3. The molecule has 1 rings (SSSR count). The Balaban J connectivity index is 2.91. The van der Waals surface area contributed by atoms with E-state index in [2.05, 4.69) is 0 Å². The minimum absolute atomic E-state index is 0.284. The van der Waals surface area contributed by atoms with E-state index in [0.717, 1.165) is 0 Å². The molecule has 0 saturated heterocycles. The molecule has 4 N–H and O–H groups in total. The molecule has 0 fully saturated rings. The van der Waals surface area contributed by atoms with Gasteiger partial charge in [-0.05, 0) is 30.7 Å². The van der Waals surface area contributed by atoms with Gasteiger partial charge in [-0.15, -0.1) is 0 Å². The van der Waals surface area contributed by atoms with Gasteiger partial charge >= 0.3 is 0 Å². The average molecular weight is 244 g/mol. The lowest BCUT2D eigenvalue weighted by atomic mass is 10.0. The van der Waals surface area contributed by atoms with Crippen molar-refractivity contribution in [2.45, 2.75) is 18.6 Å². The molecule has 0 radical (unpaired) electrons. The van der Waals surface area contributed by atoms with Gasteiger partial charge in [0.1, 0.15) is 6.10 Å². The van der Waals surface area contributed by atoms with Crippen LogP contribution < -0.4 is 5.73 Å². The molecule has 5 heteroatoms. The van der Waals surface area contributed by atoms with Gasteiger partial charge in [0.2, 0.25) is 0 Å². The Bertz CT molecular complexity index is 370. The lowest BCUT2D eigenvalue weighted by Crippen LogP contribution is -2.21. The first-order valence-corrected chi connectivity index (χ1v) is 5.28. The molecule has 0 saturated carbocycles. The van der Waals surface area contributed by atoms with Gasteiger partial charge in [0.15, 0.2) is 6.29 Å². The van der Waals surface area contributed by atoms with Crippen molar-refractivity contribution in [2.24, 2.45) is 5.73 Å². The molecule has 0 bridgehead atoms. The van der Waals surface area contributed by atoms with Gasteiger partial charge in [-0.25, -0.2) is 0 Å². The number of carbonyl (C=O) groups excluding carboxylic acids is 1. The first-order valence-electron chi connectivity index (χ1n) is 4.91. The zero-order chi connectivity index (χ0) is 12.1. The first kappa shape index (κ1) is 13.1. The number of hydrogen-bond acceptors (Lipinski definition) is 4. The Morgan fingerprint density at radius 1 is 1.44 bits per heavy atom. The highest BCUT2D eigenvalue weighted by Gasteiger charge is 2.18. The van der Waals surface area contributed by atoms with Crippen LogP contribution in [0.5, 0.6) is 0 Å². The van der Waals surface area contributed by atoms with Gasteiger partial charge in [0.25, 0.3) is 0 Å². The number of rotatable bonds is 5. The molecule has 1 aromatic carbocycles. The minimum atomic E-state index is -1.06. The number of benzene rings is 1. The van der Waals surface area contributed by atoms with Gasteiger partial charge in [0.05, 0.1) is 11.1 Å². The van der Waals surface area contributed by atoms with Gasteiger partial charge < -0.3 is 15.9 Å². The number of nitrogens with two attached hydrogens (primary N) is 1. The molecule has 2 unspecified atom stereocenters. The number of aliphatic hydroxyl groups excluding tert-OH is 2. The Morgan fingerprint density at radius 2 is 2.12 bits per heavy atom. The topological polar surface area (TPSA) is 83.6 Å². The van der Waals surface area contributed by atoms with Crippen LogP contribution in [0.15, 0.2) is 18.2 Å². The second-order valence-electron chi connectivity index (χ2n) is 3.49. The number of aldehydes is 1. The predicted molar refractivity (Wildman–Crippen MR) is 61.5 cm³/mol. The summed E-state index contributed by atoms with van der Waals surface area (Å²) in [6.45, 7) is 0.284. The fraction of sp³-hybridized carbons (Fsp3) is 0.364. The summed E-state index contributed by atoms with van der Waals surface area (Å²) in [6, 6.07) is 4.54. The van der Waals surface area contributed by atoms with Crippen molar-refractivity contribution < 1.29 is 15.0 Å². The van der Waals surface area contributed by atoms with Crippen LogP contribution in [0.25, 0.3) is 0 Å². The van der Waals surface area contributed by atoms with Crippen molar-refractivity contribution >= 4 is 17.9 Å². The van der Waals surface area contributed by atoms with E-state index in [-0.39, 0.29) is 12.1 Å². The summed E-state index contributed by atoms with van der Waals surface area (Å²) in [5, 5.41) is 19.6. The Kier molecular flexibility index (Phi) is 4.89. The van der Waals surface area contributed by atoms with E-state index in [1.807, 2.05) is 0 Å². The highest BCUT2D eigenvalue weighted by atomic mass is 35.5. The molecule has 1 aromatic rings. The van der Waals surface area contributed by atoms with Gasteiger partial charge in [-0.1, -0.05) is 17.7 Å². The standard InChI is InChI=1S/C11H14ClNO3/c12-9-2-1-7(5-8(9)6-14)11(16)10(15)3-4-13/h1-2,5-6,10-11,15-16H,3-4,13H2. The fourth-order valence-electron chi connectivity index (χ4n) is 1.39. The van der Waals surface area contributed by atoms with Gasteiger partial charge in [-0.3, -0.25) is 4.79 Å². The van der Waals surface area contributed by atoms with Crippen LogP contribution >= 0.6 is 11.6 Å². The monoisotopic (exact) mass is 243 g/mol. The molecule has 0 amide bonds. The van der Waals surface area contributed by atoms with E-state index < -0.39 is 12.2 Å². The molecule has 2 atom stereocenters. The third kappa shape index (κ3) is 3.02.